The van der Waals surface area contributed by atoms with Crippen LogP contribution in [0.15, 0.2) is 30.6 Å². The van der Waals surface area contributed by atoms with E-state index >= 15 is 0 Å². The molecule has 0 aliphatic heterocycles. The Hall–Kier alpha value is -1.75. The van der Waals surface area contributed by atoms with Crippen molar-refractivity contribution in [1.82, 2.24) is 20.1 Å². The molecule has 2 heterocycles. The molecule has 1 N–H and O–H groups in total. The number of aryl methyl sites for hydroxylation is 1. The molecule has 90 valence electrons. The highest BCUT2D eigenvalue weighted by Crippen LogP contribution is 2.17. The Morgan fingerprint density at radius 1 is 1.47 bits per heavy atom. The van der Waals surface area contributed by atoms with Crippen LogP contribution in [0.4, 0.5) is 4.39 Å². The first-order valence-corrected chi connectivity index (χ1v) is 5.53. The zero-order valence-electron chi connectivity index (χ0n) is 9.73. The standard InChI is InChI=1S/C12H15FN4/c1-14-9-11-7-12(16-17(11)6-4-13)10-3-2-5-15-8-10/h2-3,5,7-8,14H,4,6,9H2,1H3. The van der Waals surface area contributed by atoms with Gasteiger partial charge in [0.1, 0.15) is 6.67 Å². The molecule has 0 radical (unpaired) electrons. The zero-order valence-corrected chi connectivity index (χ0v) is 9.73. The highest BCUT2D eigenvalue weighted by molar-refractivity contribution is 5.57. The quantitative estimate of drug-likeness (QED) is 0.855. The number of aromatic nitrogens is 3. The van der Waals surface area contributed by atoms with E-state index in [9.17, 15) is 4.39 Å². The lowest BCUT2D eigenvalue weighted by atomic mass is 10.2. The Labute approximate surface area is 99.5 Å². The van der Waals surface area contributed by atoms with Gasteiger partial charge in [0.05, 0.1) is 17.9 Å². The summed E-state index contributed by atoms with van der Waals surface area (Å²) in [6, 6.07) is 5.77. The number of halogens is 1. The average Bonchev–Trinajstić information content (AvgIpc) is 2.75. The van der Waals surface area contributed by atoms with Gasteiger partial charge in [0, 0.05) is 24.5 Å². The molecular weight excluding hydrogens is 219 g/mol. The summed E-state index contributed by atoms with van der Waals surface area (Å²) < 4.78 is 14.1. The van der Waals surface area contributed by atoms with E-state index in [0.717, 1.165) is 17.0 Å². The molecule has 0 amide bonds. The fraction of sp³-hybridized carbons (Fsp3) is 0.333. The van der Waals surface area contributed by atoms with E-state index in [1.165, 1.54) is 0 Å². The van der Waals surface area contributed by atoms with Gasteiger partial charge in [0.15, 0.2) is 0 Å². The third-order valence-electron chi connectivity index (χ3n) is 2.47. The van der Waals surface area contributed by atoms with E-state index in [1.807, 2.05) is 25.2 Å². The minimum absolute atomic E-state index is 0.289. The monoisotopic (exact) mass is 234 g/mol. The summed E-state index contributed by atoms with van der Waals surface area (Å²) in [7, 11) is 1.86. The van der Waals surface area contributed by atoms with Crippen LogP contribution in [0.5, 0.6) is 0 Å². The van der Waals surface area contributed by atoms with Crippen molar-refractivity contribution < 1.29 is 4.39 Å². The molecule has 2 aromatic rings. The van der Waals surface area contributed by atoms with E-state index < -0.39 is 6.67 Å². The number of alkyl halides is 1. The molecule has 0 aromatic carbocycles. The van der Waals surface area contributed by atoms with Gasteiger partial charge in [-0.1, -0.05) is 0 Å². The molecule has 0 unspecified atom stereocenters. The maximum Gasteiger partial charge on any atom is 0.109 e. The predicted molar refractivity (Wildman–Crippen MR) is 64.2 cm³/mol. The van der Waals surface area contributed by atoms with Crippen LogP contribution >= 0.6 is 0 Å². The van der Waals surface area contributed by atoms with Crippen molar-refractivity contribution in [3.63, 3.8) is 0 Å². The van der Waals surface area contributed by atoms with Gasteiger partial charge in [-0.25, -0.2) is 4.39 Å². The minimum atomic E-state index is -0.412. The molecular formula is C12H15FN4. The molecule has 0 spiro atoms. The van der Waals surface area contributed by atoms with Gasteiger partial charge in [0.25, 0.3) is 0 Å². The number of nitrogens with one attached hydrogen (secondary N) is 1. The molecule has 2 aromatic heterocycles. The van der Waals surface area contributed by atoms with Crippen molar-refractivity contribution in [3.8, 4) is 11.3 Å². The van der Waals surface area contributed by atoms with Gasteiger partial charge in [-0.3, -0.25) is 9.67 Å². The maximum absolute atomic E-state index is 12.4. The molecule has 2 rings (SSSR count). The van der Waals surface area contributed by atoms with Gasteiger partial charge in [-0.2, -0.15) is 5.10 Å². The van der Waals surface area contributed by atoms with Crippen molar-refractivity contribution in [2.75, 3.05) is 13.7 Å². The smallest absolute Gasteiger partial charge is 0.109 e. The zero-order chi connectivity index (χ0) is 12.1. The fourth-order valence-corrected chi connectivity index (χ4v) is 1.71. The maximum atomic E-state index is 12.4. The summed E-state index contributed by atoms with van der Waals surface area (Å²) in [6.45, 7) is 0.551. The van der Waals surface area contributed by atoms with E-state index in [-0.39, 0.29) is 6.54 Å². The van der Waals surface area contributed by atoms with Crippen molar-refractivity contribution in [2.45, 2.75) is 13.1 Å². The van der Waals surface area contributed by atoms with E-state index in [1.54, 1.807) is 17.1 Å². The summed E-state index contributed by atoms with van der Waals surface area (Å²) in [5.41, 5.74) is 2.75. The Morgan fingerprint density at radius 2 is 2.35 bits per heavy atom. The summed E-state index contributed by atoms with van der Waals surface area (Å²) in [4.78, 5) is 4.05. The Kier molecular flexibility index (Phi) is 3.82. The first-order chi connectivity index (χ1) is 8.35. The third-order valence-corrected chi connectivity index (χ3v) is 2.47. The second-order valence-corrected chi connectivity index (χ2v) is 3.71. The van der Waals surface area contributed by atoms with Crippen LogP contribution in [0.1, 0.15) is 5.69 Å². The third kappa shape index (κ3) is 2.68. The summed E-state index contributed by atoms with van der Waals surface area (Å²) in [5.74, 6) is 0. The van der Waals surface area contributed by atoms with Crippen LogP contribution in [0.2, 0.25) is 0 Å². The lowest BCUT2D eigenvalue weighted by molar-refractivity contribution is 0.419. The normalized spacial score (nSPS) is 10.7. The lowest BCUT2D eigenvalue weighted by Crippen LogP contribution is -2.13. The highest BCUT2D eigenvalue weighted by Gasteiger charge is 2.08. The molecule has 0 bridgehead atoms. The largest absolute Gasteiger partial charge is 0.314 e. The summed E-state index contributed by atoms with van der Waals surface area (Å²) >= 11 is 0. The van der Waals surface area contributed by atoms with Gasteiger partial charge in [0.2, 0.25) is 0 Å². The van der Waals surface area contributed by atoms with Crippen LogP contribution in [-0.4, -0.2) is 28.5 Å². The van der Waals surface area contributed by atoms with Gasteiger partial charge in [-0.15, -0.1) is 0 Å². The second kappa shape index (κ2) is 5.54. The second-order valence-electron chi connectivity index (χ2n) is 3.71. The van der Waals surface area contributed by atoms with Gasteiger partial charge in [-0.05, 0) is 25.2 Å². The molecule has 0 aliphatic rings. The number of hydrogen-bond acceptors (Lipinski definition) is 3. The van der Waals surface area contributed by atoms with Crippen LogP contribution in [0.25, 0.3) is 11.3 Å². The first-order valence-electron chi connectivity index (χ1n) is 5.53. The summed E-state index contributed by atoms with van der Waals surface area (Å²) in [6.07, 6.45) is 3.47. The van der Waals surface area contributed by atoms with Crippen LogP contribution in [0, 0.1) is 0 Å². The molecule has 17 heavy (non-hydrogen) atoms. The number of nitrogens with zero attached hydrogens (tertiary/aromatic N) is 3. The van der Waals surface area contributed by atoms with Crippen molar-refractivity contribution >= 4 is 0 Å². The Balaban J connectivity index is 2.33. The molecule has 0 atom stereocenters. The van der Waals surface area contributed by atoms with E-state index in [4.69, 9.17) is 0 Å². The highest BCUT2D eigenvalue weighted by atomic mass is 19.1. The molecule has 5 heteroatoms. The topological polar surface area (TPSA) is 42.7 Å². The molecule has 0 fully saturated rings. The number of rotatable bonds is 5. The van der Waals surface area contributed by atoms with E-state index in [0.29, 0.717) is 6.54 Å². The van der Waals surface area contributed by atoms with Gasteiger partial charge >= 0.3 is 0 Å². The van der Waals surface area contributed by atoms with Crippen LogP contribution < -0.4 is 5.32 Å². The van der Waals surface area contributed by atoms with Crippen molar-refractivity contribution in [3.05, 3.63) is 36.3 Å². The van der Waals surface area contributed by atoms with Crippen LogP contribution in [0.3, 0.4) is 0 Å². The van der Waals surface area contributed by atoms with E-state index in [2.05, 4.69) is 15.4 Å². The predicted octanol–water partition coefficient (Wildman–Crippen LogP) is 1.63. The molecule has 0 aliphatic carbocycles. The summed E-state index contributed by atoms with van der Waals surface area (Å²) in [5, 5.41) is 7.43. The number of hydrogen-bond donors (Lipinski definition) is 1. The first kappa shape index (κ1) is 11.7. The fourth-order valence-electron chi connectivity index (χ4n) is 1.71. The van der Waals surface area contributed by atoms with Crippen LogP contribution in [-0.2, 0) is 13.1 Å². The van der Waals surface area contributed by atoms with Gasteiger partial charge < -0.3 is 5.32 Å². The Bertz CT molecular complexity index is 443. The Morgan fingerprint density at radius 3 is 3.00 bits per heavy atom. The number of pyridine rings is 1. The molecule has 4 nitrogen and oxygen atoms in total. The molecule has 0 saturated carbocycles. The SMILES string of the molecule is CNCc1cc(-c2cccnc2)nn1CCF. The van der Waals surface area contributed by atoms with Crippen molar-refractivity contribution in [1.29, 1.82) is 0 Å². The average molecular weight is 234 g/mol. The van der Waals surface area contributed by atoms with Crippen molar-refractivity contribution in [2.24, 2.45) is 0 Å². The minimum Gasteiger partial charge on any atom is -0.314 e. The lowest BCUT2D eigenvalue weighted by Gasteiger charge is -2.03. The molecule has 0 saturated heterocycles.